The van der Waals surface area contributed by atoms with Gasteiger partial charge in [0.05, 0.1) is 31.9 Å². The van der Waals surface area contributed by atoms with Gasteiger partial charge in [-0.15, -0.1) is 0 Å². The molecule has 1 aromatic carbocycles. The van der Waals surface area contributed by atoms with Crippen LogP contribution in [0.1, 0.15) is 32.3 Å². The molecule has 0 bridgehead atoms. The fourth-order valence-electron chi connectivity index (χ4n) is 3.19. The fraction of sp³-hybridized carbons (Fsp3) is 0.611. The van der Waals surface area contributed by atoms with Crippen LogP contribution in [0.2, 0.25) is 0 Å². The van der Waals surface area contributed by atoms with Gasteiger partial charge < -0.3 is 10.2 Å². The molecule has 6 nitrogen and oxygen atoms in total. The average Bonchev–Trinajstić information content (AvgIpc) is 2.56. The van der Waals surface area contributed by atoms with E-state index in [-0.39, 0.29) is 17.7 Å². The third-order valence-corrected chi connectivity index (χ3v) is 6.40. The maximum atomic E-state index is 12.5. The summed E-state index contributed by atoms with van der Waals surface area (Å²) in [5, 5.41) is 3.01. The Morgan fingerprint density at radius 3 is 2.48 bits per heavy atom. The van der Waals surface area contributed by atoms with E-state index in [1.54, 1.807) is 4.31 Å². The first-order valence-corrected chi connectivity index (χ1v) is 10.7. The van der Waals surface area contributed by atoms with Gasteiger partial charge in [-0.3, -0.25) is 4.79 Å². The third-order valence-electron chi connectivity index (χ3n) is 4.55. The van der Waals surface area contributed by atoms with Crippen molar-refractivity contribution < 1.29 is 18.1 Å². The molecule has 1 atom stereocenters. The Hall–Kier alpha value is -1.44. The lowest BCUT2D eigenvalue weighted by Crippen LogP contribution is -3.15. The molecule has 7 heteroatoms. The van der Waals surface area contributed by atoms with Crippen LogP contribution in [0.15, 0.2) is 30.3 Å². The average molecular weight is 369 g/mol. The normalized spacial score (nSPS) is 18.0. The minimum Gasteiger partial charge on any atom is -0.349 e. The maximum absolute atomic E-state index is 12.5. The van der Waals surface area contributed by atoms with Gasteiger partial charge in [0.15, 0.2) is 6.54 Å². The van der Waals surface area contributed by atoms with E-state index in [1.165, 1.54) is 0 Å². The third kappa shape index (κ3) is 6.41. The zero-order valence-electron chi connectivity index (χ0n) is 15.2. The van der Waals surface area contributed by atoms with Gasteiger partial charge in [-0.05, 0) is 18.9 Å². The van der Waals surface area contributed by atoms with Gasteiger partial charge in [0.25, 0.3) is 5.91 Å². The Morgan fingerprint density at radius 1 is 1.24 bits per heavy atom. The molecule has 1 aliphatic rings. The first kappa shape index (κ1) is 19.9. The number of sulfonamides is 1. The summed E-state index contributed by atoms with van der Waals surface area (Å²) in [4.78, 5) is 13.2. The maximum Gasteiger partial charge on any atom is 0.275 e. The van der Waals surface area contributed by atoms with Crippen LogP contribution in [-0.2, 0) is 20.6 Å². The zero-order valence-corrected chi connectivity index (χ0v) is 16.0. The summed E-state index contributed by atoms with van der Waals surface area (Å²) in [5.41, 5.74) is 0.807. The Labute approximate surface area is 151 Å². The first-order chi connectivity index (χ1) is 11.9. The van der Waals surface area contributed by atoms with E-state index in [0.29, 0.717) is 32.7 Å². The predicted molar refractivity (Wildman–Crippen MR) is 98.7 cm³/mol. The molecule has 0 radical (unpaired) electrons. The molecule has 0 unspecified atom stereocenters. The van der Waals surface area contributed by atoms with E-state index in [0.717, 1.165) is 23.3 Å². The molecule has 0 aliphatic carbocycles. The lowest BCUT2D eigenvalue weighted by molar-refractivity contribution is -0.895. The second-order valence-corrected chi connectivity index (χ2v) is 8.79. The number of piperazine rings is 1. The zero-order chi connectivity index (χ0) is 18.3. The molecule has 1 heterocycles. The minimum absolute atomic E-state index is 0.0399. The van der Waals surface area contributed by atoms with Gasteiger partial charge in [-0.2, -0.15) is 4.31 Å². The summed E-state index contributed by atoms with van der Waals surface area (Å²) in [5.74, 6) is 0.0922. The molecule has 2 rings (SSSR count). The standard InChI is InChI=1S/C18H29N3O3S/c1-3-7-16(2)19-18(22)14-20-10-12-21(13-11-20)25(23,24)15-17-8-5-4-6-9-17/h4-6,8-9,16H,3,7,10-15H2,1-2H3,(H,19,22)/p+1/t16-/m0/s1. The number of nitrogens with zero attached hydrogens (tertiary/aromatic N) is 1. The topological polar surface area (TPSA) is 70.9 Å². The molecule has 1 saturated heterocycles. The van der Waals surface area contributed by atoms with Gasteiger partial charge in [0, 0.05) is 6.04 Å². The molecule has 0 spiro atoms. The van der Waals surface area contributed by atoms with Gasteiger partial charge in [-0.1, -0.05) is 43.7 Å². The predicted octanol–water partition coefficient (Wildman–Crippen LogP) is 0.0217. The summed E-state index contributed by atoms with van der Waals surface area (Å²) >= 11 is 0. The molecule has 1 aliphatic heterocycles. The number of hydrogen-bond donors (Lipinski definition) is 2. The lowest BCUT2D eigenvalue weighted by atomic mass is 10.2. The smallest absolute Gasteiger partial charge is 0.275 e. The molecular weight excluding hydrogens is 338 g/mol. The second-order valence-electron chi connectivity index (χ2n) is 6.82. The number of quaternary nitrogens is 1. The van der Waals surface area contributed by atoms with E-state index < -0.39 is 10.0 Å². The number of rotatable bonds is 8. The summed E-state index contributed by atoms with van der Waals surface area (Å²) in [6.45, 7) is 6.83. The van der Waals surface area contributed by atoms with Crippen LogP contribution in [0.4, 0.5) is 0 Å². The number of nitrogens with one attached hydrogen (secondary N) is 2. The highest BCUT2D eigenvalue weighted by molar-refractivity contribution is 7.88. The number of carbonyl (C=O) groups is 1. The van der Waals surface area contributed by atoms with E-state index in [2.05, 4.69) is 12.2 Å². The monoisotopic (exact) mass is 368 g/mol. The largest absolute Gasteiger partial charge is 0.349 e. The number of benzene rings is 1. The summed E-state index contributed by atoms with van der Waals surface area (Å²) in [6, 6.07) is 9.45. The molecule has 25 heavy (non-hydrogen) atoms. The number of amides is 1. The molecule has 1 aromatic rings. The van der Waals surface area contributed by atoms with Crippen molar-refractivity contribution in [1.29, 1.82) is 0 Å². The van der Waals surface area contributed by atoms with Crippen molar-refractivity contribution in [3.05, 3.63) is 35.9 Å². The van der Waals surface area contributed by atoms with Crippen LogP contribution in [0.5, 0.6) is 0 Å². The Bertz CT molecular complexity index is 641. The van der Waals surface area contributed by atoms with Crippen molar-refractivity contribution in [3.63, 3.8) is 0 Å². The quantitative estimate of drug-likeness (QED) is 0.680. The highest BCUT2D eigenvalue weighted by atomic mass is 32.2. The molecule has 0 saturated carbocycles. The molecule has 1 fully saturated rings. The Morgan fingerprint density at radius 2 is 1.88 bits per heavy atom. The molecule has 140 valence electrons. The van der Waals surface area contributed by atoms with Crippen molar-refractivity contribution in [1.82, 2.24) is 9.62 Å². The van der Waals surface area contributed by atoms with Gasteiger partial charge >= 0.3 is 0 Å². The molecule has 1 amide bonds. The summed E-state index contributed by atoms with van der Waals surface area (Å²) in [6.07, 6.45) is 2.03. The van der Waals surface area contributed by atoms with E-state index in [1.807, 2.05) is 37.3 Å². The molecule has 2 N–H and O–H groups in total. The van der Waals surface area contributed by atoms with Crippen LogP contribution in [0, 0.1) is 0 Å². The van der Waals surface area contributed by atoms with Crippen LogP contribution in [-0.4, -0.2) is 57.4 Å². The fourth-order valence-corrected chi connectivity index (χ4v) is 4.73. The second kappa shape index (κ2) is 9.31. The molecule has 0 aromatic heterocycles. The Balaban J connectivity index is 1.80. The van der Waals surface area contributed by atoms with Crippen molar-refractivity contribution in [2.75, 3.05) is 32.7 Å². The number of carbonyl (C=O) groups excluding carboxylic acids is 1. The van der Waals surface area contributed by atoms with E-state index in [4.69, 9.17) is 0 Å². The molecular formula is C18H30N3O3S+. The highest BCUT2D eigenvalue weighted by Crippen LogP contribution is 2.10. The van der Waals surface area contributed by atoms with Gasteiger partial charge in [0.2, 0.25) is 10.0 Å². The van der Waals surface area contributed by atoms with Crippen LogP contribution < -0.4 is 10.2 Å². The van der Waals surface area contributed by atoms with E-state index >= 15 is 0 Å². The number of hydrogen-bond acceptors (Lipinski definition) is 3. The van der Waals surface area contributed by atoms with Crippen molar-refractivity contribution >= 4 is 15.9 Å². The van der Waals surface area contributed by atoms with Crippen LogP contribution >= 0.6 is 0 Å². The SMILES string of the molecule is CCC[C@H](C)NC(=O)C[NH+]1CCN(S(=O)(=O)Cc2ccccc2)CC1. The summed E-state index contributed by atoms with van der Waals surface area (Å²) in [7, 11) is -3.30. The van der Waals surface area contributed by atoms with E-state index in [9.17, 15) is 13.2 Å². The van der Waals surface area contributed by atoms with Crippen molar-refractivity contribution in [3.8, 4) is 0 Å². The minimum atomic E-state index is -3.30. The first-order valence-electron chi connectivity index (χ1n) is 9.05. The van der Waals surface area contributed by atoms with Crippen LogP contribution in [0.3, 0.4) is 0 Å². The van der Waals surface area contributed by atoms with Gasteiger partial charge in [0.1, 0.15) is 0 Å². The van der Waals surface area contributed by atoms with Gasteiger partial charge in [-0.25, -0.2) is 8.42 Å². The highest BCUT2D eigenvalue weighted by Gasteiger charge is 2.30. The van der Waals surface area contributed by atoms with Crippen molar-refractivity contribution in [2.24, 2.45) is 0 Å². The van der Waals surface area contributed by atoms with Crippen LogP contribution in [0.25, 0.3) is 0 Å². The summed E-state index contributed by atoms with van der Waals surface area (Å²) < 4.78 is 26.6. The Kier molecular flexibility index (Phi) is 7.40. The van der Waals surface area contributed by atoms with Crippen molar-refractivity contribution in [2.45, 2.75) is 38.5 Å². The lowest BCUT2D eigenvalue weighted by Gasteiger charge is -2.31.